The Hall–Kier alpha value is -3.97. The molecule has 178 valence electrons. The molecule has 2 aromatic carbocycles. The van der Waals surface area contributed by atoms with E-state index in [2.05, 4.69) is 26.6 Å². The minimum absolute atomic E-state index is 0.293. The number of nitrogens with one attached hydrogen (secondary N) is 2. The number of hydrogen-bond acceptors (Lipinski definition) is 7. The quantitative estimate of drug-likeness (QED) is 0.460. The van der Waals surface area contributed by atoms with Gasteiger partial charge in [0.15, 0.2) is 11.6 Å². The lowest BCUT2D eigenvalue weighted by Gasteiger charge is -2.33. The van der Waals surface area contributed by atoms with E-state index in [4.69, 9.17) is 16.3 Å². The number of nitrogens with zero attached hydrogens (tertiary/aromatic N) is 4. The minimum Gasteiger partial charge on any atom is -0.377 e. The van der Waals surface area contributed by atoms with Gasteiger partial charge in [-0.15, -0.1) is 0 Å². The van der Waals surface area contributed by atoms with Crippen LogP contribution in [0.2, 0.25) is 5.02 Å². The van der Waals surface area contributed by atoms with Crippen LogP contribution >= 0.6 is 11.6 Å². The average molecular weight is 491 g/mol. The van der Waals surface area contributed by atoms with E-state index in [1.54, 1.807) is 62.7 Å². The first-order chi connectivity index (χ1) is 16.9. The average Bonchev–Trinajstić information content (AvgIpc) is 3.33. The Morgan fingerprint density at radius 2 is 2.11 bits per heavy atom. The molecule has 0 saturated heterocycles. The van der Waals surface area contributed by atoms with E-state index < -0.39 is 12.3 Å². The normalized spacial score (nSPS) is 15.9. The lowest BCUT2D eigenvalue weighted by atomic mass is 9.97. The van der Waals surface area contributed by atoms with Gasteiger partial charge in [0.05, 0.1) is 11.6 Å². The number of rotatable bonds is 7. The van der Waals surface area contributed by atoms with Crippen molar-refractivity contribution in [1.82, 2.24) is 20.1 Å². The largest absolute Gasteiger partial charge is 0.377 e. The lowest BCUT2D eigenvalue weighted by Crippen LogP contribution is -2.44. The molecular weight excluding hydrogens is 468 g/mol. The smallest absolute Gasteiger partial charge is 0.246 e. The van der Waals surface area contributed by atoms with E-state index in [9.17, 15) is 15.2 Å². The molecule has 10 heteroatoms. The van der Waals surface area contributed by atoms with Crippen molar-refractivity contribution in [3.05, 3.63) is 82.8 Å². The molecule has 9 nitrogen and oxygen atoms in total. The number of methoxy groups -OCH3 is 1. The van der Waals surface area contributed by atoms with Gasteiger partial charge in [-0.3, -0.25) is 9.89 Å². The fraction of sp³-hybridized carbons (Fsp3) is 0.200. The van der Waals surface area contributed by atoms with Crippen molar-refractivity contribution in [3.63, 3.8) is 0 Å². The number of benzene rings is 2. The van der Waals surface area contributed by atoms with E-state index in [-0.39, 0.29) is 5.91 Å². The van der Waals surface area contributed by atoms with Gasteiger partial charge in [0.25, 0.3) is 0 Å². The van der Waals surface area contributed by atoms with Crippen LogP contribution in [-0.2, 0) is 16.1 Å². The Bertz CT molecular complexity index is 1330. The maximum atomic E-state index is 12.9. The molecule has 0 radical (unpaired) electrons. The molecular formula is C25H23ClN6O3. The van der Waals surface area contributed by atoms with Crippen LogP contribution in [0, 0.1) is 11.3 Å². The summed E-state index contributed by atoms with van der Waals surface area (Å²) >= 11 is 6.09. The van der Waals surface area contributed by atoms with E-state index in [1.165, 1.54) is 4.90 Å². The van der Waals surface area contributed by atoms with Crippen molar-refractivity contribution in [2.24, 2.45) is 0 Å². The highest BCUT2D eigenvalue weighted by Crippen LogP contribution is 2.28. The van der Waals surface area contributed by atoms with Crippen LogP contribution in [0.3, 0.4) is 0 Å². The molecule has 1 aliphatic rings. The molecule has 3 aromatic rings. The Balaban J connectivity index is 1.42. The molecule has 0 fully saturated rings. The summed E-state index contributed by atoms with van der Waals surface area (Å²) in [6, 6.07) is 13.5. The summed E-state index contributed by atoms with van der Waals surface area (Å²) in [4.78, 5) is 18.7. The standard InChI is InChI=1S/C25H23ClN6O3/c1-15(32-10-9-17(11-23(32)33)21-12-19(26)6-3-18(21)13-27)25(34)28-20-7-4-16(5-8-20)24-29-22(14-35-2)30-31-24/h3-12,15,23,33H,14H2,1-2H3,(H,28,34)(H,29,30,31). The Morgan fingerprint density at radius 1 is 1.34 bits per heavy atom. The Labute approximate surface area is 207 Å². The van der Waals surface area contributed by atoms with Gasteiger partial charge in [0.1, 0.15) is 18.9 Å². The van der Waals surface area contributed by atoms with Crippen LogP contribution in [0.25, 0.3) is 17.0 Å². The Kier molecular flexibility index (Phi) is 7.27. The highest BCUT2D eigenvalue weighted by atomic mass is 35.5. The van der Waals surface area contributed by atoms with Crippen LogP contribution in [0.1, 0.15) is 23.9 Å². The van der Waals surface area contributed by atoms with Gasteiger partial charge < -0.3 is 20.1 Å². The summed E-state index contributed by atoms with van der Waals surface area (Å²) in [5, 5.41) is 30.4. The fourth-order valence-corrected chi connectivity index (χ4v) is 3.83. The topological polar surface area (TPSA) is 127 Å². The number of H-pyrrole nitrogens is 1. The number of aliphatic hydroxyl groups excluding tert-OH is 1. The fourth-order valence-electron chi connectivity index (χ4n) is 3.66. The van der Waals surface area contributed by atoms with Crippen LogP contribution in [0.5, 0.6) is 0 Å². The van der Waals surface area contributed by atoms with E-state index >= 15 is 0 Å². The zero-order chi connectivity index (χ0) is 24.9. The molecule has 1 aliphatic heterocycles. The number of ether oxygens (including phenoxy) is 1. The monoisotopic (exact) mass is 490 g/mol. The number of nitriles is 1. The zero-order valence-electron chi connectivity index (χ0n) is 19.1. The predicted molar refractivity (Wildman–Crippen MR) is 132 cm³/mol. The number of aliphatic hydroxyl groups is 1. The third-order valence-electron chi connectivity index (χ3n) is 5.52. The third-order valence-corrected chi connectivity index (χ3v) is 5.76. The summed E-state index contributed by atoms with van der Waals surface area (Å²) < 4.78 is 5.03. The highest BCUT2D eigenvalue weighted by Gasteiger charge is 2.26. The van der Waals surface area contributed by atoms with E-state index in [0.29, 0.717) is 45.7 Å². The number of aromatic nitrogens is 3. The third kappa shape index (κ3) is 5.41. The van der Waals surface area contributed by atoms with Crippen molar-refractivity contribution in [2.45, 2.75) is 25.8 Å². The molecule has 1 amide bonds. The highest BCUT2D eigenvalue weighted by molar-refractivity contribution is 6.30. The van der Waals surface area contributed by atoms with Crippen molar-refractivity contribution in [3.8, 4) is 17.5 Å². The van der Waals surface area contributed by atoms with Gasteiger partial charge in [-0.2, -0.15) is 10.4 Å². The number of aromatic amines is 1. The summed E-state index contributed by atoms with van der Waals surface area (Å²) in [5.74, 6) is 0.865. The van der Waals surface area contributed by atoms with Gasteiger partial charge in [0.2, 0.25) is 5.91 Å². The van der Waals surface area contributed by atoms with E-state index in [0.717, 1.165) is 5.56 Å². The number of amides is 1. The predicted octanol–water partition coefficient (Wildman–Crippen LogP) is 3.70. The molecule has 4 rings (SSSR count). The number of anilines is 1. The molecule has 0 aliphatic carbocycles. The van der Waals surface area contributed by atoms with Gasteiger partial charge in [0, 0.05) is 35.1 Å². The molecule has 2 atom stereocenters. The first kappa shape index (κ1) is 24.2. The van der Waals surface area contributed by atoms with E-state index in [1.807, 2.05) is 12.1 Å². The second-order valence-corrected chi connectivity index (χ2v) is 8.32. The van der Waals surface area contributed by atoms with Gasteiger partial charge in [-0.1, -0.05) is 11.6 Å². The number of hydrogen-bond donors (Lipinski definition) is 3. The zero-order valence-corrected chi connectivity index (χ0v) is 19.8. The van der Waals surface area contributed by atoms with Crippen LogP contribution in [0.15, 0.2) is 60.8 Å². The van der Waals surface area contributed by atoms with Gasteiger partial charge >= 0.3 is 0 Å². The number of carbonyl (C=O) groups is 1. The lowest BCUT2D eigenvalue weighted by molar-refractivity contribution is -0.122. The number of allylic oxidation sites excluding steroid dienone is 2. The maximum absolute atomic E-state index is 12.9. The summed E-state index contributed by atoms with van der Waals surface area (Å²) in [7, 11) is 1.58. The van der Waals surface area contributed by atoms with Gasteiger partial charge in [-0.25, -0.2) is 4.98 Å². The van der Waals surface area contributed by atoms with Crippen LogP contribution in [-0.4, -0.2) is 50.5 Å². The minimum atomic E-state index is -1.06. The first-order valence-corrected chi connectivity index (χ1v) is 11.1. The number of halogens is 1. The summed E-state index contributed by atoms with van der Waals surface area (Å²) in [5.41, 5.74) is 3.10. The maximum Gasteiger partial charge on any atom is 0.246 e. The molecule has 35 heavy (non-hydrogen) atoms. The van der Waals surface area contributed by atoms with Crippen molar-refractivity contribution in [2.75, 3.05) is 12.4 Å². The van der Waals surface area contributed by atoms with Crippen LogP contribution in [0.4, 0.5) is 5.69 Å². The van der Waals surface area contributed by atoms with Gasteiger partial charge in [-0.05, 0) is 67.1 Å². The summed E-state index contributed by atoms with van der Waals surface area (Å²) in [6.07, 6.45) is 3.90. The molecule has 0 bridgehead atoms. The second-order valence-electron chi connectivity index (χ2n) is 7.88. The molecule has 1 aromatic heterocycles. The number of carbonyl (C=O) groups excluding carboxylic acids is 1. The van der Waals surface area contributed by atoms with Crippen LogP contribution < -0.4 is 5.32 Å². The van der Waals surface area contributed by atoms with Crippen molar-refractivity contribution >= 4 is 28.8 Å². The Morgan fingerprint density at radius 3 is 2.80 bits per heavy atom. The SMILES string of the molecule is COCc1nc(-c2ccc(NC(=O)C(C)N3C=CC(c4cc(Cl)ccc4C#N)=CC3O)cc2)n[nH]1. The first-order valence-electron chi connectivity index (χ1n) is 10.8. The van der Waals surface area contributed by atoms with Crippen molar-refractivity contribution in [1.29, 1.82) is 5.26 Å². The molecule has 0 spiro atoms. The molecule has 3 N–H and O–H groups in total. The summed E-state index contributed by atoms with van der Waals surface area (Å²) in [6.45, 7) is 2.03. The van der Waals surface area contributed by atoms with Crippen molar-refractivity contribution < 1.29 is 14.6 Å². The second kappa shape index (κ2) is 10.5. The molecule has 2 heterocycles. The molecule has 2 unspecified atom stereocenters. The molecule has 0 saturated carbocycles.